The fraction of sp³-hybridized carbons (Fsp3) is 0.517. The maximum Gasteiger partial charge on any atom is 0.459 e. The highest BCUT2D eigenvalue weighted by molar-refractivity contribution is 7.52. The molecule has 1 unspecified atom stereocenters. The number of fused-ring (bicyclic) bond motifs is 1. The molecule has 2 fully saturated rings. The number of esters is 1. The number of aliphatic hydroxyl groups excluding tert-OH is 1. The number of alkyl halides is 1. The van der Waals surface area contributed by atoms with Gasteiger partial charge in [-0.1, -0.05) is 24.1 Å². The number of hydrogen-bond donors (Lipinski definition) is 2. The Balaban J connectivity index is 1.40. The van der Waals surface area contributed by atoms with Crippen molar-refractivity contribution >= 4 is 30.7 Å². The number of aryl methyl sites for hydroxylation is 1. The molecule has 13 nitrogen and oxygen atoms in total. The van der Waals surface area contributed by atoms with Gasteiger partial charge in [-0.05, 0) is 52.7 Å². The molecule has 1 saturated heterocycles. The molecule has 5 rings (SSSR count). The van der Waals surface area contributed by atoms with Gasteiger partial charge in [0, 0.05) is 13.1 Å². The molecule has 15 heteroatoms. The minimum atomic E-state index is -4.33. The van der Waals surface area contributed by atoms with E-state index in [1.54, 1.807) is 51.1 Å². The zero-order chi connectivity index (χ0) is 31.8. The lowest BCUT2D eigenvalue weighted by Gasteiger charge is -2.25. The van der Waals surface area contributed by atoms with Crippen LogP contribution in [0.25, 0.3) is 11.2 Å². The van der Waals surface area contributed by atoms with E-state index in [0.29, 0.717) is 23.2 Å². The minimum absolute atomic E-state index is 0.175. The van der Waals surface area contributed by atoms with E-state index in [1.165, 1.54) is 17.8 Å². The van der Waals surface area contributed by atoms with Crippen LogP contribution in [0, 0.1) is 19.3 Å². The topological polar surface area (TPSA) is 150 Å². The molecule has 0 bridgehead atoms. The molecule has 3 heterocycles. The van der Waals surface area contributed by atoms with Gasteiger partial charge in [-0.15, -0.1) is 6.42 Å². The molecular formula is C29H36FN6O7P. The predicted octanol–water partition coefficient (Wildman–Crippen LogP) is 3.47. The summed E-state index contributed by atoms with van der Waals surface area (Å²) in [5.41, 5.74) is -2.04. The van der Waals surface area contributed by atoms with Gasteiger partial charge in [0.2, 0.25) is 5.67 Å². The lowest BCUT2D eigenvalue weighted by atomic mass is 9.97. The number of aromatic nitrogens is 4. The first kappa shape index (κ1) is 31.8. The van der Waals surface area contributed by atoms with E-state index >= 15 is 4.39 Å². The van der Waals surface area contributed by atoms with E-state index in [4.69, 9.17) is 24.9 Å². The fourth-order valence-corrected chi connectivity index (χ4v) is 6.38. The number of carbonyl (C=O) groups is 1. The van der Waals surface area contributed by atoms with Crippen LogP contribution in [-0.4, -0.2) is 80.3 Å². The molecule has 2 aliphatic rings. The van der Waals surface area contributed by atoms with Crippen LogP contribution in [0.4, 0.5) is 10.2 Å². The molecule has 3 aromatic rings. The number of para-hydroxylation sites is 1. The third-order valence-corrected chi connectivity index (χ3v) is 8.94. The van der Waals surface area contributed by atoms with Gasteiger partial charge >= 0.3 is 13.7 Å². The zero-order valence-corrected chi connectivity index (χ0v) is 26.0. The van der Waals surface area contributed by atoms with Crippen molar-refractivity contribution in [3.05, 3.63) is 42.5 Å². The van der Waals surface area contributed by atoms with Crippen LogP contribution in [0.1, 0.15) is 45.7 Å². The number of imidazole rings is 1. The molecule has 2 aromatic heterocycles. The number of nitrogens with one attached hydrogen (secondary N) is 1. The summed E-state index contributed by atoms with van der Waals surface area (Å²) in [5, 5.41) is 13.6. The molecule has 1 aliphatic heterocycles. The van der Waals surface area contributed by atoms with Crippen LogP contribution in [0.5, 0.6) is 5.75 Å². The van der Waals surface area contributed by atoms with Gasteiger partial charge in [0.25, 0.3) is 0 Å². The number of terminal acetylenes is 1. The Hall–Kier alpha value is -3.60. The molecule has 44 heavy (non-hydrogen) atoms. The van der Waals surface area contributed by atoms with Crippen molar-refractivity contribution in [3.8, 4) is 18.1 Å². The lowest BCUT2D eigenvalue weighted by molar-refractivity contribution is -0.149. The quantitative estimate of drug-likeness (QED) is 0.171. The SMILES string of the molecule is C#C[C@@]1(F)[C@H](O)[C@@H](COP(=O)(N[C@@H](C)C(=O)OC(C)C)Oc2ccccc2)O[C@H]1n1cnc2c(N(C)C3CC3)nc(C)nc21. The molecule has 1 aromatic carbocycles. The van der Waals surface area contributed by atoms with Gasteiger partial charge in [0.15, 0.2) is 23.2 Å². The Morgan fingerprint density at radius 2 is 2.02 bits per heavy atom. The summed E-state index contributed by atoms with van der Waals surface area (Å²) in [6.45, 7) is 5.87. The Morgan fingerprint density at radius 1 is 1.32 bits per heavy atom. The maximum absolute atomic E-state index is 16.4. The molecule has 6 atom stereocenters. The molecule has 1 saturated carbocycles. The van der Waals surface area contributed by atoms with Crippen molar-refractivity contribution in [1.82, 2.24) is 24.6 Å². The monoisotopic (exact) mass is 630 g/mol. The number of benzene rings is 1. The van der Waals surface area contributed by atoms with Crippen LogP contribution >= 0.6 is 7.75 Å². The average Bonchev–Trinajstić information content (AvgIpc) is 3.70. The highest BCUT2D eigenvalue weighted by Crippen LogP contribution is 2.48. The minimum Gasteiger partial charge on any atom is -0.462 e. The summed E-state index contributed by atoms with van der Waals surface area (Å²) in [5.74, 6) is 2.53. The van der Waals surface area contributed by atoms with Gasteiger partial charge in [0.1, 0.15) is 29.8 Å². The predicted molar refractivity (Wildman–Crippen MR) is 159 cm³/mol. The maximum atomic E-state index is 16.4. The van der Waals surface area contributed by atoms with Crippen LogP contribution in [0.2, 0.25) is 0 Å². The summed E-state index contributed by atoms with van der Waals surface area (Å²) in [7, 11) is -2.42. The fourth-order valence-electron chi connectivity index (χ4n) is 4.88. The average molecular weight is 631 g/mol. The van der Waals surface area contributed by atoms with Gasteiger partial charge < -0.3 is 24.0 Å². The Morgan fingerprint density at radius 3 is 2.66 bits per heavy atom. The number of anilines is 1. The number of nitrogens with zero attached hydrogens (tertiary/aromatic N) is 5. The van der Waals surface area contributed by atoms with Crippen molar-refractivity contribution in [1.29, 1.82) is 0 Å². The highest BCUT2D eigenvalue weighted by atomic mass is 31.2. The third kappa shape index (κ3) is 6.43. The Kier molecular flexibility index (Phi) is 8.98. The van der Waals surface area contributed by atoms with Crippen LogP contribution < -0.4 is 14.5 Å². The van der Waals surface area contributed by atoms with Gasteiger partial charge in [-0.2, -0.15) is 5.09 Å². The Bertz CT molecular complexity index is 1600. The Labute approximate surface area is 254 Å². The van der Waals surface area contributed by atoms with Gasteiger partial charge in [0.05, 0.1) is 19.0 Å². The van der Waals surface area contributed by atoms with E-state index < -0.39 is 56.6 Å². The molecule has 0 amide bonds. The molecule has 0 spiro atoms. The van der Waals surface area contributed by atoms with E-state index in [1.807, 2.05) is 17.9 Å². The molecular weight excluding hydrogens is 594 g/mol. The van der Waals surface area contributed by atoms with E-state index in [2.05, 4.69) is 20.0 Å². The number of aliphatic hydroxyl groups is 1. The summed E-state index contributed by atoms with van der Waals surface area (Å²) in [4.78, 5) is 27.9. The first-order valence-corrected chi connectivity index (χ1v) is 15.8. The molecule has 236 valence electrons. The number of halogens is 1. The second-order valence-electron chi connectivity index (χ2n) is 11.2. The number of rotatable bonds is 12. The summed E-state index contributed by atoms with van der Waals surface area (Å²) < 4.78 is 54.0. The van der Waals surface area contributed by atoms with Crippen molar-refractivity contribution in [2.75, 3.05) is 18.6 Å². The summed E-state index contributed by atoms with van der Waals surface area (Å²) in [6.07, 6.45) is 3.72. The largest absolute Gasteiger partial charge is 0.462 e. The van der Waals surface area contributed by atoms with Crippen molar-refractivity contribution < 1.29 is 37.4 Å². The van der Waals surface area contributed by atoms with Crippen molar-refractivity contribution in [3.63, 3.8) is 0 Å². The van der Waals surface area contributed by atoms with Crippen LogP contribution in [0.3, 0.4) is 0 Å². The lowest BCUT2D eigenvalue weighted by Crippen LogP contribution is -2.42. The van der Waals surface area contributed by atoms with Crippen LogP contribution in [0.15, 0.2) is 36.7 Å². The first-order chi connectivity index (χ1) is 20.8. The second-order valence-corrected chi connectivity index (χ2v) is 12.9. The second kappa shape index (κ2) is 12.4. The smallest absolute Gasteiger partial charge is 0.459 e. The summed E-state index contributed by atoms with van der Waals surface area (Å²) >= 11 is 0. The van der Waals surface area contributed by atoms with Crippen LogP contribution in [-0.2, 0) is 23.4 Å². The van der Waals surface area contributed by atoms with Crippen molar-refractivity contribution in [2.45, 2.75) is 82.8 Å². The molecule has 0 radical (unpaired) electrons. The van der Waals surface area contributed by atoms with Gasteiger partial charge in [-0.3, -0.25) is 13.9 Å². The van der Waals surface area contributed by atoms with Gasteiger partial charge in [-0.25, -0.2) is 23.9 Å². The first-order valence-electron chi connectivity index (χ1n) is 14.3. The number of hydrogen-bond acceptors (Lipinski definition) is 11. The third-order valence-electron chi connectivity index (χ3n) is 7.30. The molecule has 2 N–H and O–H groups in total. The standard InChI is InChI=1S/C29H36FN6O7P/c1-7-29(30)24(37)22(15-40-44(39,43-21-11-9-8-10-12-21)34-18(4)27(38)41-17(2)3)42-28(29)36-16-31-23-25(35(6)20-13-14-20)32-19(5)33-26(23)36/h1,8-12,16-18,20,22,24,28,37H,13-15H2,2-6H3,(H,34,39)/t18-,22+,24+,28+,29+,44?/m0/s1. The summed E-state index contributed by atoms with van der Waals surface area (Å²) in [6, 6.07) is 7.35. The number of ether oxygens (including phenoxy) is 2. The van der Waals surface area contributed by atoms with Crippen molar-refractivity contribution in [2.24, 2.45) is 0 Å². The van der Waals surface area contributed by atoms with E-state index in [0.717, 1.165) is 12.8 Å². The highest BCUT2D eigenvalue weighted by Gasteiger charge is 2.58. The normalized spacial score (nSPS) is 25.4. The van der Waals surface area contributed by atoms with E-state index in [9.17, 15) is 14.5 Å². The van der Waals surface area contributed by atoms with E-state index in [-0.39, 0.29) is 11.4 Å². The molecule has 1 aliphatic carbocycles. The zero-order valence-electron chi connectivity index (χ0n) is 25.1. The number of carbonyl (C=O) groups excluding carboxylic acids is 1.